The Morgan fingerprint density at radius 1 is 1.16 bits per heavy atom. The van der Waals surface area contributed by atoms with Crippen LogP contribution in [0.15, 0.2) is 30.5 Å². The van der Waals surface area contributed by atoms with Crippen LogP contribution in [-0.2, 0) is 11.2 Å². The van der Waals surface area contributed by atoms with Crippen molar-refractivity contribution in [2.75, 3.05) is 70.2 Å². The number of alkyl halides is 1. The Morgan fingerprint density at radius 2 is 1.89 bits per heavy atom. The predicted octanol–water partition coefficient (Wildman–Crippen LogP) is 4.46. The summed E-state index contributed by atoms with van der Waals surface area (Å²) in [7, 11) is 5.75. The summed E-state index contributed by atoms with van der Waals surface area (Å²) < 4.78 is 16.5. The van der Waals surface area contributed by atoms with Gasteiger partial charge >= 0.3 is 0 Å². The Labute approximate surface area is 263 Å². The van der Waals surface area contributed by atoms with Crippen molar-refractivity contribution in [1.29, 1.82) is 0 Å². The van der Waals surface area contributed by atoms with Gasteiger partial charge in [0, 0.05) is 66.0 Å². The van der Waals surface area contributed by atoms with Gasteiger partial charge in [-0.1, -0.05) is 37.3 Å². The van der Waals surface area contributed by atoms with E-state index in [0.29, 0.717) is 24.4 Å². The second-order valence-corrected chi connectivity index (χ2v) is 14.2. The third-order valence-electron chi connectivity index (χ3n) is 9.70. The number of aromatic nitrogens is 3. The van der Waals surface area contributed by atoms with Gasteiger partial charge in [-0.3, -0.25) is 14.1 Å². The molecule has 3 fully saturated rings. The van der Waals surface area contributed by atoms with Gasteiger partial charge in [-0.15, -0.1) is 0 Å². The molecule has 4 aliphatic rings. The number of imidazole rings is 1. The number of likely N-dealkylation sites (N-methyl/N-ethyl adjacent to an activating group) is 1. The molecule has 0 saturated carbocycles. The summed E-state index contributed by atoms with van der Waals surface area (Å²) in [6.07, 6.45) is 7.67. The van der Waals surface area contributed by atoms with Crippen molar-refractivity contribution in [3.63, 3.8) is 0 Å². The summed E-state index contributed by atoms with van der Waals surface area (Å²) in [5.74, 6) is 2.19. The molecule has 3 aromatic heterocycles. The number of halogens is 1. The molecule has 3 saturated heterocycles. The van der Waals surface area contributed by atoms with Crippen LogP contribution >= 0.6 is 11.3 Å². The molecule has 1 aliphatic carbocycles. The number of nitrogens with one attached hydrogen (secondary N) is 1. The topological polar surface area (TPSA) is 82.2 Å². The van der Waals surface area contributed by atoms with E-state index in [2.05, 4.69) is 57.6 Å². The molecule has 3 aromatic rings. The number of anilines is 3. The molecule has 11 heteroatoms. The van der Waals surface area contributed by atoms with E-state index in [-0.39, 0.29) is 11.8 Å². The molecule has 5 atom stereocenters. The van der Waals surface area contributed by atoms with Crippen LogP contribution in [0.25, 0.3) is 11.2 Å². The Morgan fingerprint density at radius 3 is 2.52 bits per heavy atom. The van der Waals surface area contributed by atoms with Crippen molar-refractivity contribution in [1.82, 2.24) is 29.5 Å². The lowest BCUT2D eigenvalue weighted by molar-refractivity contribution is -0.129. The van der Waals surface area contributed by atoms with Crippen molar-refractivity contribution < 1.29 is 9.18 Å². The minimum Gasteiger partial charge on any atom is -0.370 e. The molecule has 3 aliphatic heterocycles. The molecule has 1 amide bonds. The number of carbonyl (C=O) groups is 1. The first-order valence-corrected chi connectivity index (χ1v) is 16.6. The molecule has 44 heavy (non-hydrogen) atoms. The van der Waals surface area contributed by atoms with Gasteiger partial charge in [-0.05, 0) is 48.5 Å². The molecule has 234 valence electrons. The SMILES string of the molecule is CCc1nc2c(C)cc(N3CC4CN(CC(=O)N(C)C)CC4C3)cn2c1N(C)c1nc(C2=CC(C)C(F)C=C2)c(C2CN2)s1. The lowest BCUT2D eigenvalue weighted by Gasteiger charge is -2.24. The summed E-state index contributed by atoms with van der Waals surface area (Å²) in [6, 6.07) is 2.57. The van der Waals surface area contributed by atoms with Crippen LogP contribution in [-0.4, -0.2) is 96.7 Å². The first kappa shape index (κ1) is 29.4. The van der Waals surface area contributed by atoms with Gasteiger partial charge in [0.25, 0.3) is 0 Å². The van der Waals surface area contributed by atoms with Crippen molar-refractivity contribution in [2.24, 2.45) is 17.8 Å². The molecule has 5 unspecified atom stereocenters. The van der Waals surface area contributed by atoms with E-state index in [4.69, 9.17) is 9.97 Å². The molecule has 0 spiro atoms. The quantitative estimate of drug-likeness (QED) is 0.374. The summed E-state index contributed by atoms with van der Waals surface area (Å²) >= 11 is 1.71. The number of hydrogen-bond donors (Lipinski definition) is 1. The second-order valence-electron chi connectivity index (χ2n) is 13.2. The highest BCUT2D eigenvalue weighted by molar-refractivity contribution is 7.16. The smallest absolute Gasteiger partial charge is 0.236 e. The number of pyridine rings is 1. The first-order valence-electron chi connectivity index (χ1n) is 15.8. The highest BCUT2D eigenvalue weighted by Gasteiger charge is 2.41. The first-order chi connectivity index (χ1) is 21.1. The van der Waals surface area contributed by atoms with Crippen LogP contribution in [0.2, 0.25) is 0 Å². The lowest BCUT2D eigenvalue weighted by atomic mass is 9.94. The predicted molar refractivity (Wildman–Crippen MR) is 176 cm³/mol. The molecular weight excluding hydrogens is 575 g/mol. The fraction of sp³-hybridized carbons (Fsp3) is 0.545. The molecule has 0 aromatic carbocycles. The number of likely N-dealkylation sites (tertiary alicyclic amines) is 1. The summed E-state index contributed by atoms with van der Waals surface area (Å²) in [5.41, 5.74) is 6.34. The molecule has 6 heterocycles. The minimum absolute atomic E-state index is 0.168. The molecule has 1 N–H and O–H groups in total. The maximum Gasteiger partial charge on any atom is 0.236 e. The van der Waals surface area contributed by atoms with E-state index in [0.717, 1.165) is 78.3 Å². The van der Waals surface area contributed by atoms with Crippen molar-refractivity contribution in [3.8, 4) is 0 Å². The minimum atomic E-state index is -0.953. The zero-order valence-corrected chi connectivity index (χ0v) is 27.4. The van der Waals surface area contributed by atoms with Crippen LogP contribution in [0.4, 0.5) is 21.0 Å². The number of carbonyl (C=O) groups excluding carboxylic acids is 1. The van der Waals surface area contributed by atoms with Crippen molar-refractivity contribution in [3.05, 3.63) is 52.3 Å². The summed E-state index contributed by atoms with van der Waals surface area (Å²) in [5, 5.41) is 4.36. The van der Waals surface area contributed by atoms with Gasteiger partial charge in [-0.25, -0.2) is 14.4 Å². The Kier molecular flexibility index (Phi) is 7.53. The van der Waals surface area contributed by atoms with E-state index in [9.17, 15) is 9.18 Å². The average molecular weight is 619 g/mol. The van der Waals surface area contributed by atoms with Gasteiger partial charge in [-0.2, -0.15) is 0 Å². The van der Waals surface area contributed by atoms with E-state index in [1.807, 2.05) is 33.2 Å². The maximum absolute atomic E-state index is 14.2. The van der Waals surface area contributed by atoms with Gasteiger partial charge < -0.3 is 20.0 Å². The summed E-state index contributed by atoms with van der Waals surface area (Å²) in [4.78, 5) is 32.5. The molecular formula is C33H43FN8OS. The number of hydrogen-bond acceptors (Lipinski definition) is 8. The number of fused-ring (bicyclic) bond motifs is 2. The number of amides is 1. The number of aryl methyl sites for hydroxylation is 2. The Bertz CT molecular complexity index is 1640. The number of allylic oxidation sites excluding steroid dienone is 4. The molecule has 9 nitrogen and oxygen atoms in total. The van der Waals surface area contributed by atoms with Crippen LogP contribution in [0, 0.1) is 24.7 Å². The zero-order valence-electron chi connectivity index (χ0n) is 26.5. The Balaban J connectivity index is 1.19. The normalized spacial score (nSPS) is 26.4. The van der Waals surface area contributed by atoms with Gasteiger partial charge in [0.05, 0.1) is 34.5 Å². The van der Waals surface area contributed by atoms with Crippen LogP contribution in [0.5, 0.6) is 0 Å². The standard InChI is InChI=1S/C33H43FN8OS/c1-7-26-32(39(6)33-37-29(30(44-33)27-12-35-27)21-8-9-25(34)19(2)10-21)42-17-24(11-20(3)31(42)36-26)41-15-22-13-40(14-23(22)16-41)18-28(43)38(4)5/h8-11,17,19,22-23,25,27,35H,7,12-16,18H2,1-6H3. The molecule has 0 radical (unpaired) electrons. The fourth-order valence-corrected chi connectivity index (χ4v) is 8.18. The van der Waals surface area contributed by atoms with E-state index in [1.54, 1.807) is 22.3 Å². The van der Waals surface area contributed by atoms with Crippen molar-refractivity contribution in [2.45, 2.75) is 39.4 Å². The molecule has 7 rings (SSSR count). The average Bonchev–Trinajstić information content (AvgIpc) is 3.30. The van der Waals surface area contributed by atoms with Crippen molar-refractivity contribution >= 4 is 45.1 Å². The highest BCUT2D eigenvalue weighted by atomic mass is 32.1. The molecule has 0 bridgehead atoms. The van der Waals surface area contributed by atoms with Gasteiger partial charge in [0.2, 0.25) is 5.91 Å². The van der Waals surface area contributed by atoms with Crippen LogP contribution in [0.3, 0.4) is 0 Å². The van der Waals surface area contributed by atoms with E-state index < -0.39 is 6.17 Å². The maximum atomic E-state index is 14.2. The number of thiazole rings is 1. The zero-order chi connectivity index (χ0) is 30.9. The lowest BCUT2D eigenvalue weighted by Crippen LogP contribution is -2.37. The third-order valence-corrected chi connectivity index (χ3v) is 10.9. The van der Waals surface area contributed by atoms with E-state index >= 15 is 0 Å². The second kappa shape index (κ2) is 11.3. The number of nitrogens with zero attached hydrogens (tertiary/aromatic N) is 7. The number of rotatable bonds is 8. The third kappa shape index (κ3) is 5.22. The largest absolute Gasteiger partial charge is 0.370 e. The van der Waals surface area contributed by atoms with Crippen LogP contribution < -0.4 is 15.1 Å². The summed E-state index contributed by atoms with van der Waals surface area (Å²) in [6.45, 7) is 11.6. The van der Waals surface area contributed by atoms with E-state index in [1.165, 1.54) is 10.6 Å². The highest BCUT2D eigenvalue weighted by Crippen LogP contribution is 2.43. The Hall–Kier alpha value is -3.28. The van der Waals surface area contributed by atoms with Gasteiger partial charge in [0.1, 0.15) is 17.6 Å². The van der Waals surface area contributed by atoms with Gasteiger partial charge in [0.15, 0.2) is 5.13 Å². The monoisotopic (exact) mass is 618 g/mol. The fourth-order valence-electron chi connectivity index (χ4n) is 7.06. The van der Waals surface area contributed by atoms with Crippen LogP contribution in [0.1, 0.15) is 41.7 Å².